The average Bonchev–Trinajstić information content (AvgIpc) is 3.07. The van der Waals surface area contributed by atoms with Gasteiger partial charge in [0.1, 0.15) is 0 Å². The predicted octanol–water partition coefficient (Wildman–Crippen LogP) is 3.06. The molecule has 1 aliphatic rings. The Morgan fingerprint density at radius 3 is 2.68 bits per heavy atom. The van der Waals surface area contributed by atoms with Gasteiger partial charge in [-0.1, -0.05) is 38.0 Å². The van der Waals surface area contributed by atoms with Gasteiger partial charge in [-0.3, -0.25) is 4.79 Å². The van der Waals surface area contributed by atoms with Crippen LogP contribution < -0.4 is 0 Å². The van der Waals surface area contributed by atoms with Gasteiger partial charge in [0.05, 0.1) is 29.2 Å². The van der Waals surface area contributed by atoms with Gasteiger partial charge in [-0.05, 0) is 31.4 Å². The Morgan fingerprint density at radius 1 is 1.28 bits per heavy atom. The van der Waals surface area contributed by atoms with Gasteiger partial charge < -0.3 is 10.0 Å². The van der Waals surface area contributed by atoms with E-state index in [1.165, 1.54) is 0 Å². The molecule has 0 aliphatic heterocycles. The standard InChI is InChI=1S/C20H27N3O2/c1-3-18-17(13-21-23(18)16-10-5-4-6-11-16)20(25)22(2)14-15-9-7-8-12-19(15)24/h4-6,10-11,13,15,19,24H,3,7-9,12,14H2,1-2H3. The van der Waals surface area contributed by atoms with Crippen LogP contribution in [0.15, 0.2) is 36.5 Å². The van der Waals surface area contributed by atoms with Gasteiger partial charge in [-0.25, -0.2) is 4.68 Å². The molecule has 25 heavy (non-hydrogen) atoms. The van der Waals surface area contributed by atoms with Crippen molar-refractivity contribution in [1.82, 2.24) is 14.7 Å². The van der Waals surface area contributed by atoms with Crippen molar-refractivity contribution in [2.24, 2.45) is 5.92 Å². The van der Waals surface area contributed by atoms with E-state index in [-0.39, 0.29) is 17.9 Å². The molecule has 1 amide bonds. The third-order valence-corrected chi connectivity index (χ3v) is 5.16. The van der Waals surface area contributed by atoms with Crippen LogP contribution >= 0.6 is 0 Å². The van der Waals surface area contributed by atoms with E-state index in [0.29, 0.717) is 12.1 Å². The van der Waals surface area contributed by atoms with Gasteiger partial charge in [-0.2, -0.15) is 5.10 Å². The zero-order valence-electron chi connectivity index (χ0n) is 15.1. The summed E-state index contributed by atoms with van der Waals surface area (Å²) in [6.07, 6.45) is 6.16. The monoisotopic (exact) mass is 341 g/mol. The molecule has 0 radical (unpaired) electrons. The molecule has 1 heterocycles. The van der Waals surface area contributed by atoms with E-state index in [1.807, 2.05) is 49.0 Å². The second-order valence-corrected chi connectivity index (χ2v) is 6.90. The van der Waals surface area contributed by atoms with E-state index in [9.17, 15) is 9.90 Å². The van der Waals surface area contributed by atoms with Crippen LogP contribution in [-0.4, -0.2) is 45.4 Å². The minimum Gasteiger partial charge on any atom is -0.393 e. The quantitative estimate of drug-likeness (QED) is 0.909. The van der Waals surface area contributed by atoms with Crippen molar-refractivity contribution in [1.29, 1.82) is 0 Å². The molecule has 2 aromatic rings. The minimum atomic E-state index is -0.290. The summed E-state index contributed by atoms with van der Waals surface area (Å²) in [4.78, 5) is 14.7. The molecule has 2 unspecified atom stereocenters. The Hall–Kier alpha value is -2.14. The number of benzene rings is 1. The molecular weight excluding hydrogens is 314 g/mol. The molecule has 1 aliphatic carbocycles. The molecule has 0 bridgehead atoms. The van der Waals surface area contributed by atoms with E-state index in [4.69, 9.17) is 0 Å². The van der Waals surface area contributed by atoms with Gasteiger partial charge in [0.2, 0.25) is 0 Å². The van der Waals surface area contributed by atoms with Gasteiger partial charge in [0.15, 0.2) is 0 Å². The molecule has 1 aromatic carbocycles. The first-order valence-corrected chi connectivity index (χ1v) is 9.17. The number of carbonyl (C=O) groups is 1. The highest BCUT2D eigenvalue weighted by Crippen LogP contribution is 2.25. The van der Waals surface area contributed by atoms with E-state index in [2.05, 4.69) is 5.10 Å². The fourth-order valence-corrected chi connectivity index (χ4v) is 3.73. The zero-order valence-corrected chi connectivity index (χ0v) is 15.1. The summed E-state index contributed by atoms with van der Waals surface area (Å²) < 4.78 is 1.84. The van der Waals surface area contributed by atoms with Crippen LogP contribution in [0.4, 0.5) is 0 Å². The molecule has 5 heteroatoms. The van der Waals surface area contributed by atoms with Gasteiger partial charge in [0, 0.05) is 19.5 Å². The van der Waals surface area contributed by atoms with Crippen molar-refractivity contribution in [2.45, 2.75) is 45.1 Å². The van der Waals surface area contributed by atoms with Crippen LogP contribution in [0.25, 0.3) is 5.69 Å². The molecule has 1 fully saturated rings. The van der Waals surface area contributed by atoms with Crippen molar-refractivity contribution >= 4 is 5.91 Å². The van der Waals surface area contributed by atoms with E-state index >= 15 is 0 Å². The number of aliphatic hydroxyl groups is 1. The molecule has 2 atom stereocenters. The van der Waals surface area contributed by atoms with Crippen LogP contribution in [0.1, 0.15) is 48.7 Å². The lowest BCUT2D eigenvalue weighted by Gasteiger charge is -2.31. The second-order valence-electron chi connectivity index (χ2n) is 6.90. The molecule has 0 saturated heterocycles. The highest BCUT2D eigenvalue weighted by molar-refractivity contribution is 5.95. The van der Waals surface area contributed by atoms with Crippen LogP contribution in [0, 0.1) is 5.92 Å². The van der Waals surface area contributed by atoms with Gasteiger partial charge in [0.25, 0.3) is 5.91 Å². The molecule has 5 nitrogen and oxygen atoms in total. The van der Waals surface area contributed by atoms with Crippen molar-refractivity contribution in [3.8, 4) is 5.69 Å². The normalized spacial score (nSPS) is 20.4. The highest BCUT2D eigenvalue weighted by Gasteiger charge is 2.27. The van der Waals surface area contributed by atoms with Crippen LogP contribution in [0.3, 0.4) is 0 Å². The maximum absolute atomic E-state index is 12.9. The number of aromatic nitrogens is 2. The summed E-state index contributed by atoms with van der Waals surface area (Å²) in [5.41, 5.74) is 2.54. The largest absolute Gasteiger partial charge is 0.393 e. The zero-order chi connectivity index (χ0) is 17.8. The molecule has 134 valence electrons. The minimum absolute atomic E-state index is 0.0168. The maximum Gasteiger partial charge on any atom is 0.257 e. The first-order chi connectivity index (χ1) is 12.1. The summed E-state index contributed by atoms with van der Waals surface area (Å²) >= 11 is 0. The number of hydrogen-bond donors (Lipinski definition) is 1. The summed E-state index contributed by atoms with van der Waals surface area (Å²) in [5.74, 6) is 0.161. The van der Waals surface area contributed by atoms with Crippen molar-refractivity contribution in [3.05, 3.63) is 47.8 Å². The van der Waals surface area contributed by atoms with Crippen LogP contribution in [0.5, 0.6) is 0 Å². The van der Waals surface area contributed by atoms with Crippen LogP contribution in [-0.2, 0) is 6.42 Å². The van der Waals surface area contributed by atoms with E-state index < -0.39 is 0 Å². The SMILES string of the molecule is CCc1c(C(=O)N(C)CC2CCCCC2O)cnn1-c1ccccc1. The first-order valence-electron chi connectivity index (χ1n) is 9.17. The Labute approximate surface area is 149 Å². The number of nitrogens with zero attached hydrogens (tertiary/aromatic N) is 3. The molecular formula is C20H27N3O2. The van der Waals surface area contributed by atoms with Crippen molar-refractivity contribution < 1.29 is 9.90 Å². The Bertz CT molecular complexity index is 711. The lowest BCUT2D eigenvalue weighted by Crippen LogP contribution is -2.38. The summed E-state index contributed by atoms with van der Waals surface area (Å²) in [7, 11) is 1.82. The van der Waals surface area contributed by atoms with E-state index in [1.54, 1.807) is 11.1 Å². The van der Waals surface area contributed by atoms with Gasteiger partial charge in [-0.15, -0.1) is 0 Å². The number of aliphatic hydroxyl groups excluding tert-OH is 1. The fourth-order valence-electron chi connectivity index (χ4n) is 3.73. The van der Waals surface area contributed by atoms with Crippen molar-refractivity contribution in [2.75, 3.05) is 13.6 Å². The number of hydrogen-bond acceptors (Lipinski definition) is 3. The maximum atomic E-state index is 12.9. The Kier molecular flexibility index (Phi) is 5.53. The number of rotatable bonds is 5. The lowest BCUT2D eigenvalue weighted by molar-refractivity contribution is 0.0450. The molecule has 0 spiro atoms. The number of carbonyl (C=O) groups excluding carboxylic acids is 1. The molecule has 1 saturated carbocycles. The van der Waals surface area contributed by atoms with Gasteiger partial charge >= 0.3 is 0 Å². The highest BCUT2D eigenvalue weighted by atomic mass is 16.3. The third kappa shape index (κ3) is 3.76. The second kappa shape index (κ2) is 7.83. The smallest absolute Gasteiger partial charge is 0.257 e. The summed E-state index contributed by atoms with van der Waals surface area (Å²) in [5, 5.41) is 14.6. The lowest BCUT2D eigenvalue weighted by atomic mass is 9.86. The summed E-state index contributed by atoms with van der Waals surface area (Å²) in [6, 6.07) is 9.88. The molecule has 1 N–H and O–H groups in total. The van der Waals surface area contributed by atoms with Crippen LogP contribution in [0.2, 0.25) is 0 Å². The average molecular weight is 341 g/mol. The van der Waals surface area contributed by atoms with E-state index in [0.717, 1.165) is 43.5 Å². The number of para-hydroxylation sites is 1. The first kappa shape index (κ1) is 17.7. The topological polar surface area (TPSA) is 58.4 Å². The van der Waals surface area contributed by atoms with Crippen molar-refractivity contribution in [3.63, 3.8) is 0 Å². The Balaban J connectivity index is 1.79. The summed E-state index contributed by atoms with van der Waals surface area (Å²) in [6.45, 7) is 2.64. The predicted molar refractivity (Wildman–Crippen MR) is 97.9 cm³/mol. The third-order valence-electron chi connectivity index (χ3n) is 5.16. The molecule has 1 aromatic heterocycles. The Morgan fingerprint density at radius 2 is 2.00 bits per heavy atom. The number of amides is 1. The molecule has 3 rings (SSSR count). The fraction of sp³-hybridized carbons (Fsp3) is 0.500.